The summed E-state index contributed by atoms with van der Waals surface area (Å²) in [5.74, 6) is 0.369. The smallest absolute Gasteiger partial charge is 0.244 e. The zero-order valence-corrected chi connectivity index (χ0v) is 16.8. The zero-order valence-electron chi connectivity index (χ0n) is 16.0. The van der Waals surface area contributed by atoms with Crippen LogP contribution in [-0.4, -0.2) is 46.1 Å². The molecule has 1 heterocycles. The Balaban J connectivity index is 1.77. The number of nitrogens with zero attached hydrogens (tertiary/aromatic N) is 1. The maximum atomic E-state index is 12.9. The Labute approximate surface area is 162 Å². The quantitative estimate of drug-likeness (QED) is 0.755. The van der Waals surface area contributed by atoms with Crippen LogP contribution >= 0.6 is 0 Å². The number of likely N-dealkylation sites (tertiary alicyclic amines) is 1. The van der Waals surface area contributed by atoms with Gasteiger partial charge in [0, 0.05) is 12.6 Å². The average Bonchev–Trinajstić information content (AvgIpc) is 3.20. The second-order valence-corrected chi connectivity index (χ2v) is 8.83. The van der Waals surface area contributed by atoms with Crippen LogP contribution in [0.1, 0.15) is 24.0 Å². The highest BCUT2D eigenvalue weighted by atomic mass is 32.2. The second-order valence-electron chi connectivity index (χ2n) is 7.09. The lowest BCUT2D eigenvalue weighted by Crippen LogP contribution is -2.44. The fourth-order valence-corrected chi connectivity index (χ4v) is 4.93. The van der Waals surface area contributed by atoms with Gasteiger partial charge in [-0.05, 0) is 62.5 Å². The highest BCUT2D eigenvalue weighted by Crippen LogP contribution is 2.25. The van der Waals surface area contributed by atoms with E-state index in [0.29, 0.717) is 12.3 Å². The minimum absolute atomic E-state index is 0.139. The molecule has 2 aromatic carbocycles. The van der Waals surface area contributed by atoms with E-state index < -0.39 is 10.0 Å². The first kappa shape index (κ1) is 19.9. The molecule has 0 amide bonds. The SMILES string of the molecule is COc1ccc(C)cc1S(=O)(=O)NCC(Cc1ccccc1)N1CCCC1. The molecule has 0 aliphatic carbocycles. The Bertz CT molecular complexity index is 847. The number of rotatable bonds is 8. The summed E-state index contributed by atoms with van der Waals surface area (Å²) in [6.45, 7) is 4.30. The highest BCUT2D eigenvalue weighted by molar-refractivity contribution is 7.89. The molecule has 5 nitrogen and oxygen atoms in total. The van der Waals surface area contributed by atoms with Crippen molar-refractivity contribution in [1.82, 2.24) is 9.62 Å². The molecule has 0 spiro atoms. The maximum absolute atomic E-state index is 12.9. The first-order chi connectivity index (χ1) is 13.0. The van der Waals surface area contributed by atoms with Crippen molar-refractivity contribution in [2.75, 3.05) is 26.7 Å². The third-order valence-electron chi connectivity index (χ3n) is 5.09. The molecule has 2 aromatic rings. The van der Waals surface area contributed by atoms with Gasteiger partial charge in [0.05, 0.1) is 7.11 Å². The van der Waals surface area contributed by atoms with Gasteiger partial charge >= 0.3 is 0 Å². The highest BCUT2D eigenvalue weighted by Gasteiger charge is 2.26. The van der Waals surface area contributed by atoms with E-state index in [2.05, 4.69) is 21.8 Å². The number of sulfonamides is 1. The molecule has 146 valence electrons. The summed E-state index contributed by atoms with van der Waals surface area (Å²) in [7, 11) is -2.15. The Morgan fingerprint density at radius 2 is 1.81 bits per heavy atom. The van der Waals surface area contributed by atoms with Crippen LogP contribution < -0.4 is 9.46 Å². The molecular weight excluding hydrogens is 360 g/mol. The van der Waals surface area contributed by atoms with Crippen molar-refractivity contribution in [3.8, 4) is 5.75 Å². The van der Waals surface area contributed by atoms with Crippen molar-refractivity contribution in [2.45, 2.75) is 37.1 Å². The van der Waals surface area contributed by atoms with Crippen LogP contribution in [-0.2, 0) is 16.4 Å². The van der Waals surface area contributed by atoms with Crippen molar-refractivity contribution in [3.05, 3.63) is 59.7 Å². The van der Waals surface area contributed by atoms with Crippen LogP contribution in [0.5, 0.6) is 5.75 Å². The largest absolute Gasteiger partial charge is 0.495 e. The number of nitrogens with one attached hydrogen (secondary N) is 1. The summed E-state index contributed by atoms with van der Waals surface area (Å²) in [6, 6.07) is 15.6. The van der Waals surface area contributed by atoms with E-state index in [0.717, 1.165) is 25.1 Å². The summed E-state index contributed by atoms with van der Waals surface area (Å²) in [5, 5.41) is 0. The van der Waals surface area contributed by atoms with Crippen LogP contribution in [0.25, 0.3) is 0 Å². The molecule has 1 aliphatic heterocycles. The Kier molecular flexibility index (Phi) is 6.52. The summed E-state index contributed by atoms with van der Waals surface area (Å²) in [4.78, 5) is 2.59. The fraction of sp³-hybridized carbons (Fsp3) is 0.429. The van der Waals surface area contributed by atoms with Gasteiger partial charge in [0.15, 0.2) is 0 Å². The van der Waals surface area contributed by atoms with Crippen molar-refractivity contribution >= 4 is 10.0 Å². The van der Waals surface area contributed by atoms with Crippen molar-refractivity contribution in [1.29, 1.82) is 0 Å². The molecule has 1 N–H and O–H groups in total. The molecule has 0 saturated carbocycles. The molecule has 0 aromatic heterocycles. The van der Waals surface area contributed by atoms with E-state index in [9.17, 15) is 8.42 Å². The van der Waals surface area contributed by atoms with Gasteiger partial charge in [-0.25, -0.2) is 13.1 Å². The molecule has 3 rings (SSSR count). The lowest BCUT2D eigenvalue weighted by atomic mass is 10.1. The molecule has 1 fully saturated rings. The Morgan fingerprint density at radius 3 is 2.48 bits per heavy atom. The number of ether oxygens (including phenoxy) is 1. The number of methoxy groups -OCH3 is 1. The summed E-state index contributed by atoms with van der Waals surface area (Å²) in [5.41, 5.74) is 2.11. The van der Waals surface area contributed by atoms with E-state index in [1.165, 1.54) is 25.5 Å². The van der Waals surface area contributed by atoms with E-state index in [1.54, 1.807) is 12.1 Å². The fourth-order valence-electron chi connectivity index (χ4n) is 3.60. The van der Waals surface area contributed by atoms with Crippen molar-refractivity contribution in [3.63, 3.8) is 0 Å². The topological polar surface area (TPSA) is 58.6 Å². The Hall–Kier alpha value is -1.89. The number of benzene rings is 2. The van der Waals surface area contributed by atoms with Gasteiger partial charge < -0.3 is 4.74 Å². The zero-order chi connectivity index (χ0) is 19.3. The van der Waals surface area contributed by atoms with Gasteiger partial charge in [0.1, 0.15) is 10.6 Å². The third-order valence-corrected chi connectivity index (χ3v) is 6.53. The first-order valence-electron chi connectivity index (χ1n) is 9.42. The normalized spacial score (nSPS) is 16.4. The van der Waals surface area contributed by atoms with Crippen LogP contribution in [0.15, 0.2) is 53.4 Å². The molecule has 1 unspecified atom stereocenters. The lowest BCUT2D eigenvalue weighted by molar-refractivity contribution is 0.241. The summed E-state index contributed by atoms with van der Waals surface area (Å²) in [6.07, 6.45) is 3.17. The van der Waals surface area contributed by atoms with Gasteiger partial charge in [-0.15, -0.1) is 0 Å². The molecule has 1 aliphatic rings. The molecule has 0 radical (unpaired) electrons. The van der Waals surface area contributed by atoms with Crippen molar-refractivity contribution < 1.29 is 13.2 Å². The predicted octanol–water partition coefficient (Wildman–Crippen LogP) is 2.99. The van der Waals surface area contributed by atoms with E-state index in [-0.39, 0.29) is 10.9 Å². The number of hydrogen-bond donors (Lipinski definition) is 1. The molecule has 1 atom stereocenters. The van der Waals surface area contributed by atoms with Crippen LogP contribution in [0.3, 0.4) is 0 Å². The van der Waals surface area contributed by atoms with Gasteiger partial charge in [0.2, 0.25) is 10.0 Å². The van der Waals surface area contributed by atoms with Gasteiger partial charge in [0.25, 0.3) is 0 Å². The molecule has 1 saturated heterocycles. The van der Waals surface area contributed by atoms with Gasteiger partial charge in [-0.3, -0.25) is 4.90 Å². The van der Waals surface area contributed by atoms with E-state index in [1.807, 2.05) is 31.2 Å². The number of aryl methyl sites for hydroxylation is 1. The molecular formula is C21H28N2O3S. The summed E-state index contributed by atoms with van der Waals surface area (Å²) >= 11 is 0. The standard InChI is InChI=1S/C21H28N2O3S/c1-17-10-11-20(26-2)21(14-17)27(24,25)22-16-19(23-12-6-7-13-23)15-18-8-4-3-5-9-18/h3-5,8-11,14,19,22H,6-7,12-13,15-16H2,1-2H3. The Morgan fingerprint density at radius 1 is 1.11 bits per heavy atom. The minimum atomic E-state index is -3.64. The first-order valence-corrected chi connectivity index (χ1v) is 10.9. The molecule has 6 heteroatoms. The van der Waals surface area contributed by atoms with Crippen molar-refractivity contribution in [2.24, 2.45) is 0 Å². The molecule has 0 bridgehead atoms. The third kappa shape index (κ3) is 5.09. The second kappa shape index (κ2) is 8.87. The monoisotopic (exact) mass is 388 g/mol. The average molecular weight is 389 g/mol. The van der Waals surface area contributed by atoms with E-state index in [4.69, 9.17) is 4.74 Å². The lowest BCUT2D eigenvalue weighted by Gasteiger charge is -2.28. The van der Waals surface area contributed by atoms with E-state index >= 15 is 0 Å². The van der Waals surface area contributed by atoms with Crippen LogP contribution in [0.2, 0.25) is 0 Å². The maximum Gasteiger partial charge on any atom is 0.244 e. The summed E-state index contributed by atoms with van der Waals surface area (Å²) < 4.78 is 33.9. The van der Waals surface area contributed by atoms with Gasteiger partial charge in [-0.2, -0.15) is 0 Å². The molecule has 27 heavy (non-hydrogen) atoms. The van der Waals surface area contributed by atoms with Crippen LogP contribution in [0, 0.1) is 6.92 Å². The predicted molar refractivity (Wildman–Crippen MR) is 108 cm³/mol. The van der Waals surface area contributed by atoms with Crippen LogP contribution in [0.4, 0.5) is 0 Å². The van der Waals surface area contributed by atoms with Gasteiger partial charge in [-0.1, -0.05) is 36.4 Å². The minimum Gasteiger partial charge on any atom is -0.495 e. The number of hydrogen-bond acceptors (Lipinski definition) is 4.